The molecule has 2 heterocycles. The third-order valence-corrected chi connectivity index (χ3v) is 3.33. The number of rotatable bonds is 9. The molecule has 0 bridgehead atoms. The van der Waals surface area contributed by atoms with E-state index in [9.17, 15) is 4.79 Å². The molecule has 1 N–H and O–H groups in total. The summed E-state index contributed by atoms with van der Waals surface area (Å²) in [6.07, 6.45) is 0.960. The molecular weight excluding hydrogens is 300 g/mol. The quantitative estimate of drug-likeness (QED) is 0.530. The van der Waals surface area contributed by atoms with E-state index in [1.165, 1.54) is 0 Å². The molecule has 0 amide bonds. The molecule has 1 aromatic rings. The monoisotopic (exact) mass is 324 g/mol. The summed E-state index contributed by atoms with van der Waals surface area (Å²) >= 11 is 0. The summed E-state index contributed by atoms with van der Waals surface area (Å²) in [5.41, 5.74) is 0.233. The van der Waals surface area contributed by atoms with Gasteiger partial charge in [-0.15, -0.1) is 0 Å². The predicted octanol–water partition coefficient (Wildman–Crippen LogP) is 0.937. The first-order valence-corrected chi connectivity index (χ1v) is 7.74. The first kappa shape index (κ1) is 17.4. The SMILES string of the molecule is CCCN(C)c1nc(NC2COC2)cc(C(=O)OCCOC)n1. The van der Waals surface area contributed by atoms with Crippen LogP contribution in [0.5, 0.6) is 0 Å². The van der Waals surface area contributed by atoms with E-state index in [-0.39, 0.29) is 18.3 Å². The topological polar surface area (TPSA) is 85.8 Å². The van der Waals surface area contributed by atoms with Crippen molar-refractivity contribution >= 4 is 17.7 Å². The maximum Gasteiger partial charge on any atom is 0.357 e. The van der Waals surface area contributed by atoms with Crippen molar-refractivity contribution in [2.75, 3.05) is 57.3 Å². The van der Waals surface area contributed by atoms with E-state index in [2.05, 4.69) is 22.2 Å². The van der Waals surface area contributed by atoms with Gasteiger partial charge in [-0.05, 0) is 6.42 Å². The fraction of sp³-hybridized carbons (Fsp3) is 0.667. The predicted molar refractivity (Wildman–Crippen MR) is 86.0 cm³/mol. The Kier molecular flexibility index (Phi) is 6.54. The first-order chi connectivity index (χ1) is 11.1. The molecular formula is C15H24N4O4. The maximum atomic E-state index is 12.1. The van der Waals surface area contributed by atoms with E-state index in [1.54, 1.807) is 13.2 Å². The summed E-state index contributed by atoms with van der Waals surface area (Å²) in [6, 6.07) is 1.82. The molecule has 1 aromatic heterocycles. The Morgan fingerprint density at radius 2 is 2.22 bits per heavy atom. The Bertz CT molecular complexity index is 522. The smallest absolute Gasteiger partial charge is 0.357 e. The Morgan fingerprint density at radius 1 is 1.43 bits per heavy atom. The second-order valence-corrected chi connectivity index (χ2v) is 5.37. The largest absolute Gasteiger partial charge is 0.459 e. The Morgan fingerprint density at radius 3 is 2.83 bits per heavy atom. The summed E-state index contributed by atoms with van der Waals surface area (Å²) in [5, 5.41) is 3.24. The van der Waals surface area contributed by atoms with E-state index in [0.29, 0.717) is 31.6 Å². The Hall–Kier alpha value is -1.93. The van der Waals surface area contributed by atoms with Crippen molar-refractivity contribution in [2.24, 2.45) is 0 Å². The van der Waals surface area contributed by atoms with Crippen molar-refractivity contribution in [3.05, 3.63) is 11.8 Å². The van der Waals surface area contributed by atoms with Gasteiger partial charge in [0, 0.05) is 26.8 Å². The average Bonchev–Trinajstić information content (AvgIpc) is 2.51. The number of nitrogens with one attached hydrogen (secondary N) is 1. The first-order valence-electron chi connectivity index (χ1n) is 7.74. The molecule has 128 valence electrons. The van der Waals surface area contributed by atoms with Crippen LogP contribution < -0.4 is 10.2 Å². The van der Waals surface area contributed by atoms with Gasteiger partial charge >= 0.3 is 5.97 Å². The van der Waals surface area contributed by atoms with Gasteiger partial charge in [0.25, 0.3) is 0 Å². The maximum absolute atomic E-state index is 12.1. The molecule has 23 heavy (non-hydrogen) atoms. The van der Waals surface area contributed by atoms with Gasteiger partial charge in [0.15, 0.2) is 5.69 Å². The van der Waals surface area contributed by atoms with Crippen LogP contribution in [0.1, 0.15) is 23.8 Å². The highest BCUT2D eigenvalue weighted by Crippen LogP contribution is 2.17. The molecule has 0 unspecified atom stereocenters. The van der Waals surface area contributed by atoms with Gasteiger partial charge < -0.3 is 24.4 Å². The summed E-state index contributed by atoms with van der Waals surface area (Å²) in [4.78, 5) is 22.8. The van der Waals surface area contributed by atoms with Crippen LogP contribution in [0.15, 0.2) is 6.07 Å². The molecule has 0 saturated carbocycles. The molecule has 0 spiro atoms. The van der Waals surface area contributed by atoms with Gasteiger partial charge in [0.1, 0.15) is 12.4 Å². The van der Waals surface area contributed by atoms with Gasteiger partial charge in [-0.2, -0.15) is 4.98 Å². The Balaban J connectivity index is 2.15. The summed E-state index contributed by atoms with van der Waals surface area (Å²) in [6.45, 7) is 4.69. The van der Waals surface area contributed by atoms with E-state index in [1.807, 2.05) is 11.9 Å². The van der Waals surface area contributed by atoms with Gasteiger partial charge in [-0.25, -0.2) is 9.78 Å². The summed E-state index contributed by atoms with van der Waals surface area (Å²) in [7, 11) is 3.45. The molecule has 1 saturated heterocycles. The minimum atomic E-state index is -0.483. The number of carbonyl (C=O) groups excluding carboxylic acids is 1. The lowest BCUT2D eigenvalue weighted by Crippen LogP contribution is -2.40. The molecule has 0 aliphatic carbocycles. The third kappa shape index (κ3) is 5.04. The highest BCUT2D eigenvalue weighted by Gasteiger charge is 2.21. The van der Waals surface area contributed by atoms with Gasteiger partial charge in [-0.1, -0.05) is 6.92 Å². The molecule has 0 radical (unpaired) electrons. The second-order valence-electron chi connectivity index (χ2n) is 5.37. The zero-order chi connectivity index (χ0) is 16.7. The average molecular weight is 324 g/mol. The number of anilines is 2. The highest BCUT2D eigenvalue weighted by atomic mass is 16.6. The number of carbonyl (C=O) groups is 1. The number of methoxy groups -OCH3 is 1. The highest BCUT2D eigenvalue weighted by molar-refractivity contribution is 5.88. The van der Waals surface area contributed by atoms with Crippen LogP contribution in [-0.2, 0) is 14.2 Å². The molecule has 8 heteroatoms. The molecule has 8 nitrogen and oxygen atoms in total. The van der Waals surface area contributed by atoms with Gasteiger partial charge in [0.05, 0.1) is 25.9 Å². The number of nitrogens with zero attached hydrogens (tertiary/aromatic N) is 3. The lowest BCUT2D eigenvalue weighted by atomic mass is 10.2. The molecule has 1 fully saturated rings. The van der Waals surface area contributed by atoms with Crippen LogP contribution >= 0.6 is 0 Å². The van der Waals surface area contributed by atoms with Crippen LogP contribution in [0.4, 0.5) is 11.8 Å². The minimum absolute atomic E-state index is 0.193. The van der Waals surface area contributed by atoms with E-state index < -0.39 is 5.97 Å². The summed E-state index contributed by atoms with van der Waals surface area (Å²) in [5.74, 6) is 0.615. The number of esters is 1. The van der Waals surface area contributed by atoms with Crippen molar-refractivity contribution < 1.29 is 19.0 Å². The van der Waals surface area contributed by atoms with Gasteiger partial charge in [0.2, 0.25) is 5.95 Å². The fourth-order valence-corrected chi connectivity index (χ4v) is 2.04. The number of hydrogen-bond donors (Lipinski definition) is 1. The standard InChI is InChI=1S/C15H24N4O4/c1-4-5-19(2)15-17-12(14(20)23-7-6-21-3)8-13(18-15)16-11-9-22-10-11/h8,11H,4-7,9-10H2,1-3H3,(H,16,17,18). The second kappa shape index (κ2) is 8.64. The minimum Gasteiger partial charge on any atom is -0.459 e. The Labute approximate surface area is 136 Å². The van der Waals surface area contributed by atoms with Crippen LogP contribution in [0.3, 0.4) is 0 Å². The lowest BCUT2D eigenvalue weighted by Gasteiger charge is -2.28. The van der Waals surface area contributed by atoms with Crippen molar-refractivity contribution in [3.8, 4) is 0 Å². The van der Waals surface area contributed by atoms with E-state index in [0.717, 1.165) is 13.0 Å². The van der Waals surface area contributed by atoms with Crippen molar-refractivity contribution in [3.63, 3.8) is 0 Å². The molecule has 1 aliphatic heterocycles. The van der Waals surface area contributed by atoms with Crippen molar-refractivity contribution in [2.45, 2.75) is 19.4 Å². The van der Waals surface area contributed by atoms with E-state index >= 15 is 0 Å². The zero-order valence-electron chi connectivity index (χ0n) is 13.9. The molecule has 0 atom stereocenters. The van der Waals surface area contributed by atoms with Crippen LogP contribution in [0, 0.1) is 0 Å². The fourth-order valence-electron chi connectivity index (χ4n) is 2.04. The van der Waals surface area contributed by atoms with Crippen LogP contribution in [0.2, 0.25) is 0 Å². The molecule has 0 aromatic carbocycles. The van der Waals surface area contributed by atoms with Crippen LogP contribution in [0.25, 0.3) is 0 Å². The number of ether oxygens (including phenoxy) is 3. The number of aromatic nitrogens is 2. The zero-order valence-corrected chi connectivity index (χ0v) is 13.9. The van der Waals surface area contributed by atoms with Gasteiger partial charge in [-0.3, -0.25) is 0 Å². The third-order valence-electron chi connectivity index (χ3n) is 3.33. The molecule has 1 aliphatic rings. The van der Waals surface area contributed by atoms with E-state index in [4.69, 9.17) is 14.2 Å². The van der Waals surface area contributed by atoms with Crippen molar-refractivity contribution in [1.82, 2.24) is 9.97 Å². The summed E-state index contributed by atoms with van der Waals surface area (Å²) < 4.78 is 15.2. The molecule has 2 rings (SSSR count). The normalized spacial score (nSPS) is 14.2. The number of hydrogen-bond acceptors (Lipinski definition) is 8. The lowest BCUT2D eigenvalue weighted by molar-refractivity contribution is 0.0209. The van der Waals surface area contributed by atoms with Crippen molar-refractivity contribution in [1.29, 1.82) is 0 Å². The van der Waals surface area contributed by atoms with Crippen LogP contribution in [-0.4, -0.2) is 69.1 Å².